The Hall–Kier alpha value is -2.44. The van der Waals surface area contributed by atoms with Crippen LogP contribution in [0.4, 0.5) is 5.82 Å². The zero-order valence-electron chi connectivity index (χ0n) is 12.9. The maximum Gasteiger partial charge on any atom is 0.261 e. The van der Waals surface area contributed by atoms with Crippen molar-refractivity contribution in [2.24, 2.45) is 0 Å². The Balaban J connectivity index is 1.68. The van der Waals surface area contributed by atoms with E-state index in [-0.39, 0.29) is 0 Å². The van der Waals surface area contributed by atoms with Crippen molar-refractivity contribution in [3.05, 3.63) is 47.6 Å². The molecule has 0 spiro atoms. The van der Waals surface area contributed by atoms with E-state index in [1.807, 2.05) is 24.3 Å². The third-order valence-corrected chi connectivity index (χ3v) is 4.11. The zero-order chi connectivity index (χ0) is 16.4. The summed E-state index contributed by atoms with van der Waals surface area (Å²) in [5.41, 5.74) is 1.68. The molecule has 1 fully saturated rings. The van der Waals surface area contributed by atoms with Crippen molar-refractivity contribution < 1.29 is 9.26 Å². The Morgan fingerprint density at radius 1 is 1.04 bits per heavy atom. The van der Waals surface area contributed by atoms with Gasteiger partial charge in [-0.3, -0.25) is 0 Å². The summed E-state index contributed by atoms with van der Waals surface area (Å²) in [6.07, 6.45) is 1.77. The summed E-state index contributed by atoms with van der Waals surface area (Å²) < 4.78 is 10.9. The summed E-state index contributed by atoms with van der Waals surface area (Å²) in [5.74, 6) is 1.82. The molecule has 1 saturated heterocycles. The molecule has 0 bridgehead atoms. The lowest BCUT2D eigenvalue weighted by atomic mass is 10.2. The molecule has 1 aromatic carbocycles. The van der Waals surface area contributed by atoms with Gasteiger partial charge in [0, 0.05) is 29.9 Å². The number of hydrogen-bond donors (Lipinski definition) is 0. The van der Waals surface area contributed by atoms with Gasteiger partial charge in [-0.25, -0.2) is 4.98 Å². The van der Waals surface area contributed by atoms with Crippen LogP contribution in [0.1, 0.15) is 0 Å². The first kappa shape index (κ1) is 15.1. The number of ether oxygens (including phenoxy) is 1. The molecule has 24 heavy (non-hydrogen) atoms. The van der Waals surface area contributed by atoms with Crippen LogP contribution in [-0.2, 0) is 4.74 Å². The quantitative estimate of drug-likeness (QED) is 0.727. The molecule has 0 amide bonds. The molecule has 0 atom stereocenters. The topological polar surface area (TPSA) is 64.3 Å². The van der Waals surface area contributed by atoms with Gasteiger partial charge >= 0.3 is 0 Å². The molecule has 0 unspecified atom stereocenters. The first-order valence-electron chi connectivity index (χ1n) is 7.69. The number of nitrogens with zero attached hydrogens (tertiary/aromatic N) is 4. The predicted molar refractivity (Wildman–Crippen MR) is 91.0 cm³/mol. The van der Waals surface area contributed by atoms with Crippen LogP contribution in [0.5, 0.6) is 0 Å². The summed E-state index contributed by atoms with van der Waals surface area (Å²) in [6, 6.07) is 11.1. The molecule has 3 aromatic rings. The number of halogens is 1. The van der Waals surface area contributed by atoms with Crippen LogP contribution in [0.3, 0.4) is 0 Å². The molecule has 1 aliphatic rings. The van der Waals surface area contributed by atoms with Crippen molar-refractivity contribution in [2.75, 3.05) is 31.2 Å². The van der Waals surface area contributed by atoms with E-state index in [1.165, 1.54) is 0 Å². The average molecular weight is 343 g/mol. The average Bonchev–Trinajstić information content (AvgIpc) is 3.13. The summed E-state index contributed by atoms with van der Waals surface area (Å²) >= 11 is 5.92. The van der Waals surface area contributed by atoms with Crippen molar-refractivity contribution in [2.45, 2.75) is 0 Å². The Kier molecular flexibility index (Phi) is 4.15. The highest BCUT2D eigenvalue weighted by Crippen LogP contribution is 2.29. The SMILES string of the molecule is Clc1ccc(-c2noc(-c3cccnc3N3CCOCC3)n2)cc1. The molecule has 4 rings (SSSR count). The van der Waals surface area contributed by atoms with Crippen LogP contribution < -0.4 is 4.90 Å². The largest absolute Gasteiger partial charge is 0.378 e. The first-order chi connectivity index (χ1) is 11.8. The van der Waals surface area contributed by atoms with Crippen LogP contribution in [0, 0.1) is 0 Å². The first-order valence-corrected chi connectivity index (χ1v) is 8.07. The molecule has 1 aliphatic heterocycles. The Labute approximate surface area is 144 Å². The Morgan fingerprint density at radius 3 is 2.62 bits per heavy atom. The van der Waals surface area contributed by atoms with Gasteiger partial charge in [0.2, 0.25) is 5.82 Å². The number of morpholine rings is 1. The van der Waals surface area contributed by atoms with E-state index in [1.54, 1.807) is 18.3 Å². The molecule has 0 aliphatic carbocycles. The number of anilines is 1. The molecule has 0 radical (unpaired) electrons. The second kappa shape index (κ2) is 6.59. The third kappa shape index (κ3) is 2.98. The van der Waals surface area contributed by atoms with Crippen molar-refractivity contribution in [3.8, 4) is 22.8 Å². The molecular formula is C17H15ClN4O2. The summed E-state index contributed by atoms with van der Waals surface area (Å²) in [4.78, 5) is 11.2. The molecule has 7 heteroatoms. The van der Waals surface area contributed by atoms with Crippen molar-refractivity contribution in [3.63, 3.8) is 0 Å². The lowest BCUT2D eigenvalue weighted by Gasteiger charge is -2.28. The monoisotopic (exact) mass is 342 g/mol. The van der Waals surface area contributed by atoms with Gasteiger partial charge in [-0.2, -0.15) is 4.98 Å². The van der Waals surface area contributed by atoms with Gasteiger partial charge in [0.25, 0.3) is 5.89 Å². The van der Waals surface area contributed by atoms with Crippen molar-refractivity contribution in [1.82, 2.24) is 15.1 Å². The van der Waals surface area contributed by atoms with Crippen LogP contribution in [0.2, 0.25) is 5.02 Å². The highest BCUT2D eigenvalue weighted by molar-refractivity contribution is 6.30. The van der Waals surface area contributed by atoms with E-state index in [9.17, 15) is 0 Å². The predicted octanol–water partition coefficient (Wildman–Crippen LogP) is 3.29. The number of benzene rings is 1. The molecular weight excluding hydrogens is 328 g/mol. The molecule has 122 valence electrons. The smallest absolute Gasteiger partial charge is 0.261 e. The minimum atomic E-state index is 0.453. The maximum absolute atomic E-state index is 5.92. The third-order valence-electron chi connectivity index (χ3n) is 3.86. The molecule has 6 nitrogen and oxygen atoms in total. The fourth-order valence-corrected chi connectivity index (χ4v) is 2.77. The Bertz CT molecular complexity index is 829. The van der Waals surface area contributed by atoms with Crippen LogP contribution >= 0.6 is 11.6 Å². The van der Waals surface area contributed by atoms with Crippen molar-refractivity contribution in [1.29, 1.82) is 0 Å². The summed E-state index contributed by atoms with van der Waals surface area (Å²) in [6.45, 7) is 2.97. The maximum atomic E-state index is 5.92. The van der Waals surface area contributed by atoms with E-state index >= 15 is 0 Å². The van der Waals surface area contributed by atoms with E-state index in [4.69, 9.17) is 20.9 Å². The zero-order valence-corrected chi connectivity index (χ0v) is 13.6. The Morgan fingerprint density at radius 2 is 1.83 bits per heavy atom. The fraction of sp³-hybridized carbons (Fsp3) is 0.235. The van der Waals surface area contributed by atoms with E-state index < -0.39 is 0 Å². The van der Waals surface area contributed by atoms with Gasteiger partial charge in [0.05, 0.1) is 18.8 Å². The van der Waals surface area contributed by atoms with Crippen LogP contribution in [0.15, 0.2) is 47.1 Å². The van der Waals surface area contributed by atoms with Crippen LogP contribution in [0.25, 0.3) is 22.8 Å². The second-order valence-electron chi connectivity index (χ2n) is 5.40. The van der Waals surface area contributed by atoms with E-state index in [0.717, 1.165) is 30.0 Å². The van der Waals surface area contributed by atoms with Gasteiger partial charge in [0.1, 0.15) is 5.82 Å². The number of pyridine rings is 1. The molecule has 3 heterocycles. The number of rotatable bonds is 3. The fourth-order valence-electron chi connectivity index (χ4n) is 2.64. The highest BCUT2D eigenvalue weighted by Gasteiger charge is 2.20. The van der Waals surface area contributed by atoms with Crippen molar-refractivity contribution >= 4 is 17.4 Å². The lowest BCUT2D eigenvalue weighted by molar-refractivity contribution is 0.122. The second-order valence-corrected chi connectivity index (χ2v) is 5.84. The van der Waals surface area contributed by atoms with E-state index in [0.29, 0.717) is 30.0 Å². The van der Waals surface area contributed by atoms with E-state index in [2.05, 4.69) is 20.0 Å². The summed E-state index contributed by atoms with van der Waals surface area (Å²) in [5, 5.41) is 4.75. The highest BCUT2D eigenvalue weighted by atomic mass is 35.5. The van der Waals surface area contributed by atoms with Crippen LogP contribution in [-0.4, -0.2) is 41.4 Å². The number of aromatic nitrogens is 3. The summed E-state index contributed by atoms with van der Waals surface area (Å²) in [7, 11) is 0. The molecule has 0 saturated carbocycles. The lowest BCUT2D eigenvalue weighted by Crippen LogP contribution is -2.37. The van der Waals surface area contributed by atoms with Gasteiger partial charge in [0.15, 0.2) is 0 Å². The standard InChI is InChI=1S/C17H15ClN4O2/c18-13-5-3-12(4-6-13)15-20-17(24-21-15)14-2-1-7-19-16(14)22-8-10-23-11-9-22/h1-7H,8-11H2. The van der Waals surface area contributed by atoms with Gasteiger partial charge in [-0.15, -0.1) is 0 Å². The minimum Gasteiger partial charge on any atom is -0.378 e. The van der Waals surface area contributed by atoms with Gasteiger partial charge in [-0.1, -0.05) is 16.8 Å². The number of hydrogen-bond acceptors (Lipinski definition) is 6. The molecule has 2 aromatic heterocycles. The van der Waals surface area contributed by atoms with Gasteiger partial charge < -0.3 is 14.2 Å². The minimum absolute atomic E-state index is 0.453. The molecule has 0 N–H and O–H groups in total. The normalized spacial score (nSPS) is 14.8. The van der Waals surface area contributed by atoms with Gasteiger partial charge in [-0.05, 0) is 36.4 Å².